The van der Waals surface area contributed by atoms with Crippen LogP contribution in [0.25, 0.3) is 0 Å². The van der Waals surface area contributed by atoms with E-state index in [-0.39, 0.29) is 64.4 Å². The molecule has 0 bridgehead atoms. The van der Waals surface area contributed by atoms with Crippen LogP contribution < -0.4 is 37.2 Å². The van der Waals surface area contributed by atoms with Gasteiger partial charge in [-0.25, -0.2) is 5.57 Å². The van der Waals surface area contributed by atoms with Crippen molar-refractivity contribution in [3.63, 3.8) is 0 Å². The summed E-state index contributed by atoms with van der Waals surface area (Å²) in [6.45, 7) is 11.1. The van der Waals surface area contributed by atoms with Crippen molar-refractivity contribution in [1.29, 1.82) is 0 Å². The van der Waals surface area contributed by atoms with Gasteiger partial charge in [-0.1, -0.05) is 103 Å². The molecule has 170 valence electrons. The number of rotatable bonds is 4. The summed E-state index contributed by atoms with van der Waals surface area (Å²) in [6.07, 6.45) is 4.53. The van der Waals surface area contributed by atoms with Crippen LogP contribution in [0.1, 0.15) is 53.6 Å². The molecule has 0 aliphatic heterocycles. The van der Waals surface area contributed by atoms with Crippen molar-refractivity contribution in [3.8, 4) is 0 Å². The second kappa shape index (κ2) is 13.0. The van der Waals surface area contributed by atoms with Crippen molar-refractivity contribution in [2.45, 2.75) is 46.5 Å². The van der Waals surface area contributed by atoms with Crippen molar-refractivity contribution >= 4 is 0 Å². The first-order chi connectivity index (χ1) is 13.9. The third-order valence-corrected chi connectivity index (χ3v) is 6.15. The van der Waals surface area contributed by atoms with E-state index in [0.29, 0.717) is 0 Å². The van der Waals surface area contributed by atoms with E-state index in [4.69, 9.17) is 0 Å². The van der Waals surface area contributed by atoms with Crippen molar-refractivity contribution < 1.29 is 58.9 Å². The average Bonchev–Trinajstić information content (AvgIpc) is 3.02. The molecule has 0 radical (unpaired) electrons. The summed E-state index contributed by atoms with van der Waals surface area (Å²) in [5.74, 6) is 0. The minimum atomic E-state index is -0.346. The molecule has 0 atom stereocenters. The summed E-state index contributed by atoms with van der Waals surface area (Å²) < 4.78 is 0. The Balaban J connectivity index is 0.00000256. The van der Waals surface area contributed by atoms with E-state index in [1.54, 1.807) is 0 Å². The van der Waals surface area contributed by atoms with Gasteiger partial charge in [-0.2, -0.15) is 11.1 Å². The smallest absolute Gasteiger partial charge is 1.00 e. The molecular formula is C29H29Cl3Ti. The Labute approximate surface area is 233 Å². The summed E-state index contributed by atoms with van der Waals surface area (Å²) in [5, 5.41) is 0. The molecule has 1 aliphatic carbocycles. The first kappa shape index (κ1) is 31.7. The molecule has 0 fully saturated rings. The fourth-order valence-corrected chi connectivity index (χ4v) is 4.93. The van der Waals surface area contributed by atoms with E-state index >= 15 is 0 Å². The summed E-state index contributed by atoms with van der Waals surface area (Å²) in [7, 11) is 0. The standard InChI is InChI=1S/C29H29.3ClH.Ti/c1-20-9-6-12-25(17-20)29(26-13-7-10-21(2)18-26,27-14-8-11-22(3)19-27)28-23(4)15-16-24(28)5;;;;/h6-14,17-19H,15H2,1-5H3;3*1H;/q-1;;;;+4/p-3. The Morgan fingerprint density at radius 1 is 0.606 bits per heavy atom. The molecule has 0 heterocycles. The minimum Gasteiger partial charge on any atom is -1.00 e. The minimum absolute atomic E-state index is 0. The quantitative estimate of drug-likeness (QED) is 0.217. The third kappa shape index (κ3) is 5.87. The zero-order valence-electron chi connectivity index (χ0n) is 19.8. The molecule has 4 heteroatoms. The van der Waals surface area contributed by atoms with Crippen LogP contribution in [-0.2, 0) is 27.1 Å². The summed E-state index contributed by atoms with van der Waals surface area (Å²) >= 11 is 0. The SMILES string of the molecule is CC1=[C-]CC(C)=C1C(c1cccc(C)c1)(c1cccc(C)c1)c1cccc(C)c1.[Cl-].[Cl-].[Cl-].[Ti+4]. The first-order valence-corrected chi connectivity index (χ1v) is 10.4. The monoisotopic (exact) mass is 530 g/mol. The van der Waals surface area contributed by atoms with Crippen LogP contribution in [0, 0.1) is 26.8 Å². The van der Waals surface area contributed by atoms with Crippen LogP contribution in [0.4, 0.5) is 0 Å². The first-order valence-electron chi connectivity index (χ1n) is 10.4. The van der Waals surface area contributed by atoms with E-state index in [2.05, 4.69) is 113 Å². The topological polar surface area (TPSA) is 0 Å². The van der Waals surface area contributed by atoms with Crippen LogP contribution >= 0.6 is 0 Å². The second-order valence-corrected chi connectivity index (χ2v) is 8.49. The van der Waals surface area contributed by atoms with Gasteiger partial charge in [-0.15, -0.1) is 6.42 Å². The zero-order valence-corrected chi connectivity index (χ0v) is 23.6. The number of benzene rings is 3. The molecule has 0 N–H and O–H groups in total. The molecule has 1 aliphatic rings. The van der Waals surface area contributed by atoms with Crippen molar-refractivity contribution in [3.05, 3.63) is 129 Å². The Hall–Kier alpha value is -1.28. The van der Waals surface area contributed by atoms with E-state index in [1.165, 1.54) is 50.1 Å². The Kier molecular flexibility index (Phi) is 12.5. The molecule has 0 aromatic heterocycles. The molecule has 3 aromatic rings. The van der Waals surface area contributed by atoms with Crippen LogP contribution in [0.2, 0.25) is 0 Å². The van der Waals surface area contributed by atoms with Gasteiger partial charge >= 0.3 is 21.7 Å². The molecular weight excluding hydrogens is 503 g/mol. The van der Waals surface area contributed by atoms with Gasteiger partial charge in [0.05, 0.1) is 0 Å². The molecule has 3 aromatic carbocycles. The normalized spacial score (nSPS) is 12.6. The van der Waals surface area contributed by atoms with Gasteiger partial charge in [0.2, 0.25) is 0 Å². The Morgan fingerprint density at radius 2 is 0.970 bits per heavy atom. The maximum absolute atomic E-state index is 3.62. The molecule has 0 saturated carbocycles. The number of allylic oxidation sites excluding steroid dienone is 4. The molecule has 0 saturated heterocycles. The van der Waals surface area contributed by atoms with Gasteiger partial charge in [0.1, 0.15) is 0 Å². The fraction of sp³-hybridized carbons (Fsp3) is 0.241. The Morgan fingerprint density at radius 3 is 1.24 bits per heavy atom. The van der Waals surface area contributed by atoms with Gasteiger partial charge in [-0.05, 0) is 37.5 Å². The van der Waals surface area contributed by atoms with Gasteiger partial charge in [0, 0.05) is 5.41 Å². The summed E-state index contributed by atoms with van der Waals surface area (Å²) in [6, 6.07) is 27.1. The molecule has 4 rings (SSSR count). The van der Waals surface area contributed by atoms with Crippen LogP contribution in [-0.4, -0.2) is 0 Å². The Bertz CT molecular complexity index is 1030. The molecule has 0 amide bonds. The second-order valence-electron chi connectivity index (χ2n) is 8.49. The average molecular weight is 532 g/mol. The number of aryl methyl sites for hydroxylation is 3. The van der Waals surface area contributed by atoms with Gasteiger partial charge in [-0.3, -0.25) is 6.08 Å². The van der Waals surface area contributed by atoms with Crippen LogP contribution in [0.5, 0.6) is 0 Å². The van der Waals surface area contributed by atoms with Gasteiger partial charge < -0.3 is 37.2 Å². The third-order valence-electron chi connectivity index (χ3n) is 6.15. The number of hydrogen-bond acceptors (Lipinski definition) is 0. The molecule has 0 unspecified atom stereocenters. The maximum atomic E-state index is 3.62. The van der Waals surface area contributed by atoms with Crippen molar-refractivity contribution in [1.82, 2.24) is 0 Å². The number of hydrogen-bond donors (Lipinski definition) is 0. The van der Waals surface area contributed by atoms with Gasteiger partial charge in [0.15, 0.2) is 0 Å². The predicted molar refractivity (Wildman–Crippen MR) is 123 cm³/mol. The summed E-state index contributed by atoms with van der Waals surface area (Å²) in [5.41, 5.74) is 11.6. The zero-order chi connectivity index (χ0) is 20.6. The van der Waals surface area contributed by atoms with Crippen LogP contribution in [0.15, 0.2) is 89.5 Å². The van der Waals surface area contributed by atoms with Gasteiger partial charge in [0.25, 0.3) is 0 Å². The van der Waals surface area contributed by atoms with E-state index in [9.17, 15) is 0 Å². The van der Waals surface area contributed by atoms with Crippen LogP contribution in [0.3, 0.4) is 0 Å². The van der Waals surface area contributed by atoms with E-state index in [1.807, 2.05) is 0 Å². The molecule has 33 heavy (non-hydrogen) atoms. The predicted octanol–water partition coefficient (Wildman–Crippen LogP) is -1.57. The molecule has 0 spiro atoms. The van der Waals surface area contributed by atoms with Crippen molar-refractivity contribution in [2.24, 2.45) is 0 Å². The number of halogens is 3. The largest absolute Gasteiger partial charge is 4.00 e. The molecule has 0 nitrogen and oxygen atoms in total. The van der Waals surface area contributed by atoms with Crippen molar-refractivity contribution in [2.75, 3.05) is 0 Å². The van der Waals surface area contributed by atoms with E-state index in [0.717, 1.165) is 6.42 Å². The summed E-state index contributed by atoms with van der Waals surface area (Å²) in [4.78, 5) is 0. The van der Waals surface area contributed by atoms with E-state index < -0.39 is 0 Å². The maximum Gasteiger partial charge on any atom is 4.00 e. The fourth-order valence-electron chi connectivity index (χ4n) is 4.93.